The number of alkyl halides is 3. The number of rotatable bonds is 7. The number of hydrogen-bond donors (Lipinski definition) is 4. The first-order valence-corrected chi connectivity index (χ1v) is 11.3. The Hall–Kier alpha value is -4.62. The third-order valence-electron chi connectivity index (χ3n) is 5.46. The monoisotopic (exact) mass is 533 g/mol. The molecule has 0 fully saturated rings. The van der Waals surface area contributed by atoms with E-state index >= 15 is 0 Å². The van der Waals surface area contributed by atoms with Crippen LogP contribution in [0.5, 0.6) is 0 Å². The first-order valence-electron chi connectivity index (χ1n) is 11.3. The molecular weight excluding hydrogens is 510 g/mol. The van der Waals surface area contributed by atoms with Gasteiger partial charge in [0.1, 0.15) is 17.7 Å². The zero-order valence-electron chi connectivity index (χ0n) is 20.2. The molecule has 0 atom stereocenters. The number of amides is 1. The van der Waals surface area contributed by atoms with E-state index in [0.717, 1.165) is 22.8 Å². The highest BCUT2D eigenvalue weighted by Crippen LogP contribution is 2.34. The molecule has 4 aromatic rings. The van der Waals surface area contributed by atoms with Gasteiger partial charge in [-0.05, 0) is 49.7 Å². The Morgan fingerprint density at radius 1 is 1.16 bits per heavy atom. The van der Waals surface area contributed by atoms with Crippen molar-refractivity contribution >= 4 is 34.2 Å². The predicted octanol–water partition coefficient (Wildman–Crippen LogP) is 3.51. The van der Waals surface area contributed by atoms with E-state index in [0.29, 0.717) is 5.56 Å². The maximum Gasteiger partial charge on any atom is 0.416 e. The second-order valence-electron chi connectivity index (χ2n) is 8.82. The van der Waals surface area contributed by atoms with Crippen LogP contribution in [-0.4, -0.2) is 26.7 Å². The second kappa shape index (κ2) is 10.0. The van der Waals surface area contributed by atoms with Crippen molar-refractivity contribution < 1.29 is 26.9 Å². The van der Waals surface area contributed by atoms with E-state index in [1.807, 2.05) is 0 Å². The smallest absolute Gasteiger partial charge is 0.399 e. The summed E-state index contributed by atoms with van der Waals surface area (Å²) in [6.45, 7) is 2.81. The molecule has 0 aliphatic heterocycles. The molecule has 10 nitrogen and oxygen atoms in total. The number of hydrogen-bond acceptors (Lipinski definition) is 8. The largest absolute Gasteiger partial charge is 0.416 e. The van der Waals surface area contributed by atoms with Crippen LogP contribution >= 0.6 is 0 Å². The molecule has 4 rings (SSSR count). The van der Waals surface area contributed by atoms with Crippen LogP contribution in [-0.2, 0) is 24.1 Å². The van der Waals surface area contributed by atoms with Crippen LogP contribution in [0, 0.1) is 5.82 Å². The fraction of sp³-hybridized carbons (Fsp3) is 0.250. The molecule has 0 saturated heterocycles. The van der Waals surface area contributed by atoms with Crippen LogP contribution in [0.1, 0.15) is 25.0 Å². The van der Waals surface area contributed by atoms with E-state index in [1.54, 1.807) is 13.8 Å². The van der Waals surface area contributed by atoms with Gasteiger partial charge in [0, 0.05) is 23.8 Å². The van der Waals surface area contributed by atoms with Crippen LogP contribution in [0.25, 0.3) is 22.2 Å². The highest BCUT2D eigenvalue weighted by Gasteiger charge is 2.31. The average molecular weight is 533 g/mol. The standard InChI is InChI=1S/C24H23F4N7O3/c1-11(2)33-22-23(37)35(17(9-32-22)13-5-14(24(26,27)28)7-15(29)6-13)10-19(36)31-8-12-3-16(25)20-18(4-12)38-34-21(20)30/h3-7,9,11H,8,10,29H2,1-2H3,(H2,30,34)(H,31,36)(H,32,33). The number of carbonyl (C=O) groups is 1. The number of benzene rings is 2. The number of nitrogens with two attached hydrogens (primary N) is 2. The summed E-state index contributed by atoms with van der Waals surface area (Å²) in [5.74, 6) is -1.57. The Bertz CT molecular complexity index is 1580. The lowest BCUT2D eigenvalue weighted by atomic mass is 10.1. The molecule has 2 aromatic carbocycles. The summed E-state index contributed by atoms with van der Waals surface area (Å²) >= 11 is 0. The van der Waals surface area contributed by atoms with Gasteiger partial charge in [0.2, 0.25) is 5.91 Å². The maximum absolute atomic E-state index is 14.4. The van der Waals surface area contributed by atoms with Gasteiger partial charge in [-0.15, -0.1) is 0 Å². The fourth-order valence-corrected chi connectivity index (χ4v) is 3.81. The molecule has 2 heterocycles. The lowest BCUT2D eigenvalue weighted by molar-refractivity contribution is -0.137. The van der Waals surface area contributed by atoms with Crippen LogP contribution in [0.4, 0.5) is 34.9 Å². The molecule has 0 aliphatic carbocycles. The molecule has 6 N–H and O–H groups in total. The van der Waals surface area contributed by atoms with Crippen LogP contribution in [0.2, 0.25) is 0 Å². The van der Waals surface area contributed by atoms with Gasteiger partial charge in [-0.2, -0.15) is 13.2 Å². The first kappa shape index (κ1) is 26.4. The molecule has 0 unspecified atom stereocenters. The normalized spacial score (nSPS) is 11.8. The van der Waals surface area contributed by atoms with Crippen LogP contribution in [0.15, 0.2) is 45.8 Å². The second-order valence-corrected chi connectivity index (χ2v) is 8.82. The minimum Gasteiger partial charge on any atom is -0.399 e. The summed E-state index contributed by atoms with van der Waals surface area (Å²) < 4.78 is 60.5. The van der Waals surface area contributed by atoms with Crippen molar-refractivity contribution in [2.45, 2.75) is 39.2 Å². The van der Waals surface area contributed by atoms with Crippen LogP contribution < -0.4 is 27.7 Å². The molecule has 14 heteroatoms. The Morgan fingerprint density at radius 3 is 2.58 bits per heavy atom. The number of nitrogens with zero attached hydrogens (tertiary/aromatic N) is 3. The van der Waals surface area contributed by atoms with Crippen molar-refractivity contribution in [2.24, 2.45) is 0 Å². The third-order valence-corrected chi connectivity index (χ3v) is 5.46. The number of nitrogens with one attached hydrogen (secondary N) is 2. The Morgan fingerprint density at radius 2 is 1.89 bits per heavy atom. The predicted molar refractivity (Wildman–Crippen MR) is 132 cm³/mol. The number of fused-ring (bicyclic) bond motifs is 1. The van der Waals surface area contributed by atoms with Crippen LogP contribution in [0.3, 0.4) is 0 Å². The average Bonchev–Trinajstić information content (AvgIpc) is 3.20. The summed E-state index contributed by atoms with van der Waals surface area (Å²) in [6.07, 6.45) is -3.50. The molecule has 0 saturated carbocycles. The fourth-order valence-electron chi connectivity index (χ4n) is 3.81. The Kier molecular flexibility index (Phi) is 6.98. The molecule has 1 amide bonds. The summed E-state index contributed by atoms with van der Waals surface area (Å²) in [5.41, 5.74) is 9.63. The number of carbonyl (C=O) groups excluding carboxylic acids is 1. The number of anilines is 3. The molecule has 0 bridgehead atoms. The molecule has 38 heavy (non-hydrogen) atoms. The highest BCUT2D eigenvalue weighted by molar-refractivity contribution is 5.88. The molecule has 0 aliphatic rings. The maximum atomic E-state index is 14.4. The molecule has 2 aromatic heterocycles. The number of nitrogen functional groups attached to an aromatic ring is 2. The third kappa shape index (κ3) is 5.53. The summed E-state index contributed by atoms with van der Waals surface area (Å²) in [7, 11) is 0. The van der Waals surface area contributed by atoms with Crippen molar-refractivity contribution in [3.63, 3.8) is 0 Å². The first-order chi connectivity index (χ1) is 17.8. The van der Waals surface area contributed by atoms with Gasteiger partial charge in [-0.1, -0.05) is 5.16 Å². The summed E-state index contributed by atoms with van der Waals surface area (Å²) in [4.78, 5) is 30.1. The Balaban J connectivity index is 1.66. The van der Waals surface area contributed by atoms with Gasteiger partial charge >= 0.3 is 6.18 Å². The lowest BCUT2D eigenvalue weighted by Gasteiger charge is -2.17. The van der Waals surface area contributed by atoms with Crippen molar-refractivity contribution in [3.8, 4) is 11.3 Å². The van der Waals surface area contributed by atoms with Crippen molar-refractivity contribution in [1.82, 2.24) is 20.0 Å². The molecule has 200 valence electrons. The minimum atomic E-state index is -4.69. The van der Waals surface area contributed by atoms with E-state index in [-0.39, 0.29) is 52.1 Å². The van der Waals surface area contributed by atoms with Crippen molar-refractivity contribution in [2.75, 3.05) is 16.8 Å². The van der Waals surface area contributed by atoms with Gasteiger partial charge in [0.25, 0.3) is 5.56 Å². The quantitative estimate of drug-likeness (QED) is 0.208. The van der Waals surface area contributed by atoms with E-state index in [1.165, 1.54) is 18.3 Å². The minimum absolute atomic E-state index is 0.0126. The van der Waals surface area contributed by atoms with Crippen molar-refractivity contribution in [1.29, 1.82) is 0 Å². The Labute approximate surface area is 212 Å². The topological polar surface area (TPSA) is 154 Å². The number of aromatic nitrogens is 3. The summed E-state index contributed by atoms with van der Waals surface area (Å²) in [6, 6.07) is 5.23. The van der Waals surface area contributed by atoms with Gasteiger partial charge in [0.15, 0.2) is 17.2 Å². The SMILES string of the molecule is CC(C)Nc1ncc(-c2cc(N)cc(C(F)(F)F)c2)n(CC(=O)NCc2cc(F)c3c(N)noc3c2)c1=O. The van der Waals surface area contributed by atoms with Gasteiger partial charge < -0.3 is 26.6 Å². The van der Waals surface area contributed by atoms with Gasteiger partial charge in [-0.25, -0.2) is 9.37 Å². The van der Waals surface area contributed by atoms with E-state index in [4.69, 9.17) is 16.0 Å². The van der Waals surface area contributed by atoms with E-state index < -0.39 is 35.6 Å². The molecule has 0 spiro atoms. The van der Waals surface area contributed by atoms with E-state index in [2.05, 4.69) is 20.8 Å². The lowest BCUT2D eigenvalue weighted by Crippen LogP contribution is -2.35. The zero-order chi connectivity index (χ0) is 27.8. The molecular formula is C24H23F4N7O3. The zero-order valence-corrected chi connectivity index (χ0v) is 20.2. The number of halogens is 4. The van der Waals surface area contributed by atoms with Gasteiger partial charge in [0.05, 0.1) is 17.5 Å². The summed E-state index contributed by atoms with van der Waals surface area (Å²) in [5, 5.41) is 8.91. The van der Waals surface area contributed by atoms with Gasteiger partial charge in [-0.3, -0.25) is 14.2 Å². The highest BCUT2D eigenvalue weighted by atomic mass is 19.4. The molecule has 0 radical (unpaired) electrons. The van der Waals surface area contributed by atoms with E-state index in [9.17, 15) is 27.2 Å². The van der Waals surface area contributed by atoms with Crippen molar-refractivity contribution in [3.05, 3.63) is 63.8 Å².